The first kappa shape index (κ1) is 14.4. The molecule has 1 saturated heterocycles. The standard InChI is InChI=1S/C11H11BrFNO4S/c12-8-6-7(13)3-4-10(8)19(17,18)14-5-1-2-9(14)11(15)16/h3-4,6,9H,1-2,5H2,(H,15,16)/t9-/m0/s1. The van der Waals surface area contributed by atoms with Gasteiger partial charge in [-0.1, -0.05) is 0 Å². The minimum absolute atomic E-state index is 0.0866. The molecule has 1 heterocycles. The number of hydrogen-bond donors (Lipinski definition) is 1. The van der Waals surface area contributed by atoms with E-state index in [2.05, 4.69) is 15.9 Å². The van der Waals surface area contributed by atoms with Crippen molar-refractivity contribution in [3.05, 3.63) is 28.5 Å². The Labute approximate surface area is 118 Å². The number of hydrogen-bond acceptors (Lipinski definition) is 3. The molecule has 1 aliphatic heterocycles. The number of carboxylic acid groups (broad SMARTS) is 1. The van der Waals surface area contributed by atoms with Gasteiger partial charge in [-0.2, -0.15) is 4.31 Å². The van der Waals surface area contributed by atoms with E-state index >= 15 is 0 Å². The summed E-state index contributed by atoms with van der Waals surface area (Å²) < 4.78 is 38.8. The van der Waals surface area contributed by atoms with Gasteiger partial charge in [0.05, 0.1) is 4.90 Å². The van der Waals surface area contributed by atoms with Crippen LogP contribution in [-0.2, 0) is 14.8 Å². The number of carboxylic acids is 1. The van der Waals surface area contributed by atoms with Gasteiger partial charge in [0.2, 0.25) is 10.0 Å². The van der Waals surface area contributed by atoms with Crippen LogP contribution in [0.3, 0.4) is 0 Å². The normalized spacial score (nSPS) is 20.6. The van der Waals surface area contributed by atoms with Crippen molar-refractivity contribution in [3.63, 3.8) is 0 Å². The van der Waals surface area contributed by atoms with E-state index in [9.17, 15) is 17.6 Å². The number of rotatable bonds is 3. The lowest BCUT2D eigenvalue weighted by atomic mass is 10.2. The molecule has 0 bridgehead atoms. The van der Waals surface area contributed by atoms with Gasteiger partial charge in [-0.05, 0) is 47.0 Å². The van der Waals surface area contributed by atoms with Crippen molar-refractivity contribution in [1.29, 1.82) is 0 Å². The molecule has 1 N–H and O–H groups in total. The summed E-state index contributed by atoms with van der Waals surface area (Å²) >= 11 is 2.99. The molecule has 1 aliphatic rings. The van der Waals surface area contributed by atoms with Crippen LogP contribution >= 0.6 is 15.9 Å². The van der Waals surface area contributed by atoms with Crippen molar-refractivity contribution < 1.29 is 22.7 Å². The average Bonchev–Trinajstić information content (AvgIpc) is 2.77. The zero-order chi connectivity index (χ0) is 14.2. The Balaban J connectivity index is 2.45. The summed E-state index contributed by atoms with van der Waals surface area (Å²) in [5.41, 5.74) is 0. The Morgan fingerprint density at radius 1 is 1.47 bits per heavy atom. The molecule has 1 aromatic carbocycles. The van der Waals surface area contributed by atoms with Gasteiger partial charge in [0.1, 0.15) is 11.9 Å². The fourth-order valence-electron chi connectivity index (χ4n) is 2.09. The van der Waals surface area contributed by atoms with Crippen LogP contribution in [0.1, 0.15) is 12.8 Å². The predicted molar refractivity (Wildman–Crippen MR) is 68.6 cm³/mol. The van der Waals surface area contributed by atoms with E-state index in [1.54, 1.807) is 0 Å². The van der Waals surface area contributed by atoms with Crippen LogP contribution in [0.4, 0.5) is 4.39 Å². The van der Waals surface area contributed by atoms with E-state index in [1.165, 1.54) is 0 Å². The van der Waals surface area contributed by atoms with E-state index in [1.807, 2.05) is 0 Å². The lowest BCUT2D eigenvalue weighted by Gasteiger charge is -2.21. The summed E-state index contributed by atoms with van der Waals surface area (Å²) in [5, 5.41) is 9.03. The highest BCUT2D eigenvalue weighted by atomic mass is 79.9. The Morgan fingerprint density at radius 2 is 2.16 bits per heavy atom. The molecule has 0 spiro atoms. The summed E-state index contributed by atoms with van der Waals surface area (Å²) in [5.74, 6) is -1.73. The number of aliphatic carboxylic acids is 1. The van der Waals surface area contributed by atoms with Gasteiger partial charge < -0.3 is 5.11 Å². The van der Waals surface area contributed by atoms with Crippen molar-refractivity contribution >= 4 is 31.9 Å². The number of benzene rings is 1. The maximum absolute atomic E-state index is 13.0. The molecule has 0 radical (unpaired) electrons. The zero-order valence-electron chi connectivity index (χ0n) is 9.71. The smallest absolute Gasteiger partial charge is 0.322 e. The molecule has 1 atom stereocenters. The molecule has 2 rings (SSSR count). The highest BCUT2D eigenvalue weighted by molar-refractivity contribution is 9.10. The summed E-state index contributed by atoms with van der Waals surface area (Å²) in [4.78, 5) is 10.9. The molecule has 5 nitrogen and oxygen atoms in total. The van der Waals surface area contributed by atoms with Crippen molar-refractivity contribution in [2.75, 3.05) is 6.54 Å². The van der Waals surface area contributed by atoms with Gasteiger partial charge >= 0.3 is 5.97 Å². The Kier molecular flexibility index (Phi) is 3.93. The summed E-state index contributed by atoms with van der Waals surface area (Å²) in [6, 6.07) is 2.15. The molecule has 0 aromatic heterocycles. The van der Waals surface area contributed by atoms with E-state index in [-0.39, 0.29) is 22.3 Å². The van der Waals surface area contributed by atoms with Crippen LogP contribution in [0.25, 0.3) is 0 Å². The molecule has 104 valence electrons. The van der Waals surface area contributed by atoms with E-state index < -0.39 is 27.9 Å². The van der Waals surface area contributed by atoms with Crippen LogP contribution < -0.4 is 0 Å². The van der Waals surface area contributed by atoms with Crippen LogP contribution in [0.15, 0.2) is 27.6 Å². The Hall–Kier alpha value is -0.990. The molecular formula is C11H11BrFNO4S. The first-order valence-electron chi connectivity index (χ1n) is 5.54. The summed E-state index contributed by atoms with van der Waals surface area (Å²) in [6.45, 7) is 0.156. The van der Waals surface area contributed by atoms with Crippen LogP contribution in [0.5, 0.6) is 0 Å². The van der Waals surface area contributed by atoms with E-state index in [0.717, 1.165) is 22.5 Å². The van der Waals surface area contributed by atoms with Crippen molar-refractivity contribution in [2.24, 2.45) is 0 Å². The van der Waals surface area contributed by atoms with Gasteiger partial charge in [-0.3, -0.25) is 4.79 Å². The van der Waals surface area contributed by atoms with Gasteiger partial charge in [0, 0.05) is 11.0 Å². The van der Waals surface area contributed by atoms with Crippen LogP contribution in [0, 0.1) is 5.82 Å². The maximum Gasteiger partial charge on any atom is 0.322 e. The van der Waals surface area contributed by atoms with Crippen LogP contribution in [0.2, 0.25) is 0 Å². The molecule has 19 heavy (non-hydrogen) atoms. The highest BCUT2D eigenvalue weighted by Gasteiger charge is 2.40. The fraction of sp³-hybridized carbons (Fsp3) is 0.364. The molecule has 1 aromatic rings. The number of sulfonamides is 1. The molecule has 0 unspecified atom stereocenters. The quantitative estimate of drug-likeness (QED) is 0.901. The predicted octanol–water partition coefficient (Wildman–Crippen LogP) is 1.83. The third kappa shape index (κ3) is 2.65. The topological polar surface area (TPSA) is 74.7 Å². The third-order valence-corrected chi connectivity index (χ3v) is 5.85. The Bertz CT molecular complexity index is 619. The van der Waals surface area contributed by atoms with Crippen molar-refractivity contribution in [2.45, 2.75) is 23.8 Å². The second-order valence-electron chi connectivity index (χ2n) is 4.19. The number of halogens is 2. The van der Waals surface area contributed by atoms with Crippen LogP contribution in [-0.4, -0.2) is 36.4 Å². The minimum Gasteiger partial charge on any atom is -0.480 e. The summed E-state index contributed by atoms with van der Waals surface area (Å²) in [6.07, 6.45) is 0.780. The first-order valence-corrected chi connectivity index (χ1v) is 7.77. The lowest BCUT2D eigenvalue weighted by Crippen LogP contribution is -2.40. The molecular weight excluding hydrogens is 341 g/mol. The van der Waals surface area contributed by atoms with Gasteiger partial charge in [0.25, 0.3) is 0 Å². The Morgan fingerprint density at radius 3 is 2.74 bits per heavy atom. The van der Waals surface area contributed by atoms with E-state index in [0.29, 0.717) is 6.42 Å². The van der Waals surface area contributed by atoms with E-state index in [4.69, 9.17) is 5.11 Å². The lowest BCUT2D eigenvalue weighted by molar-refractivity contribution is -0.140. The van der Waals surface area contributed by atoms with Crippen molar-refractivity contribution in [1.82, 2.24) is 4.31 Å². The monoisotopic (exact) mass is 351 g/mol. The fourth-order valence-corrected chi connectivity index (χ4v) is 4.75. The zero-order valence-corrected chi connectivity index (χ0v) is 12.1. The molecule has 1 fully saturated rings. The maximum atomic E-state index is 13.0. The second kappa shape index (κ2) is 5.18. The number of carbonyl (C=O) groups is 1. The van der Waals surface area contributed by atoms with Gasteiger partial charge in [0.15, 0.2) is 0 Å². The largest absolute Gasteiger partial charge is 0.480 e. The van der Waals surface area contributed by atoms with Gasteiger partial charge in [-0.25, -0.2) is 12.8 Å². The first-order chi connectivity index (χ1) is 8.84. The number of nitrogens with zero attached hydrogens (tertiary/aromatic N) is 1. The molecule has 0 amide bonds. The third-order valence-electron chi connectivity index (χ3n) is 2.97. The second-order valence-corrected chi connectivity index (χ2v) is 6.90. The average molecular weight is 352 g/mol. The molecule has 0 aliphatic carbocycles. The SMILES string of the molecule is O=C(O)[C@@H]1CCCN1S(=O)(=O)c1ccc(F)cc1Br. The summed E-state index contributed by atoms with van der Waals surface area (Å²) in [7, 11) is -3.94. The van der Waals surface area contributed by atoms with Gasteiger partial charge in [-0.15, -0.1) is 0 Å². The minimum atomic E-state index is -3.94. The molecule has 8 heteroatoms. The highest BCUT2D eigenvalue weighted by Crippen LogP contribution is 2.30. The van der Waals surface area contributed by atoms with Crippen molar-refractivity contribution in [3.8, 4) is 0 Å². The molecule has 0 saturated carbocycles.